The van der Waals surface area contributed by atoms with Gasteiger partial charge in [0.25, 0.3) is 5.91 Å². The van der Waals surface area contributed by atoms with E-state index >= 15 is 0 Å². The summed E-state index contributed by atoms with van der Waals surface area (Å²) in [6.45, 7) is 6.51. The van der Waals surface area contributed by atoms with Crippen LogP contribution < -0.4 is 5.32 Å². The van der Waals surface area contributed by atoms with Crippen molar-refractivity contribution in [1.82, 2.24) is 19.8 Å². The van der Waals surface area contributed by atoms with Gasteiger partial charge in [-0.15, -0.1) is 0 Å². The van der Waals surface area contributed by atoms with Crippen LogP contribution in [-0.4, -0.2) is 33.3 Å². The number of amides is 2. The van der Waals surface area contributed by atoms with Crippen molar-refractivity contribution in [3.63, 3.8) is 0 Å². The maximum absolute atomic E-state index is 13.1. The van der Waals surface area contributed by atoms with Gasteiger partial charge in [0.2, 0.25) is 5.91 Å². The molecule has 0 aliphatic rings. The zero-order valence-corrected chi connectivity index (χ0v) is 20.1. The van der Waals surface area contributed by atoms with Crippen molar-refractivity contribution in [1.29, 1.82) is 0 Å². The number of imidazole rings is 1. The molecule has 0 saturated heterocycles. The predicted molar refractivity (Wildman–Crippen MR) is 134 cm³/mol. The Bertz CT molecular complexity index is 1330. The molecule has 0 fully saturated rings. The van der Waals surface area contributed by atoms with E-state index in [4.69, 9.17) is 4.98 Å². The lowest BCUT2D eigenvalue weighted by molar-refractivity contribution is -0.131. The van der Waals surface area contributed by atoms with Crippen LogP contribution in [0.1, 0.15) is 45.8 Å². The number of rotatable bonds is 7. The molecule has 6 heteroatoms. The topological polar surface area (TPSA) is 67.2 Å². The molecule has 1 atom stereocenters. The highest BCUT2D eigenvalue weighted by Crippen LogP contribution is 2.22. The van der Waals surface area contributed by atoms with E-state index in [1.807, 2.05) is 98.1 Å². The summed E-state index contributed by atoms with van der Waals surface area (Å²) in [7, 11) is 1.81. The molecule has 1 aromatic heterocycles. The summed E-state index contributed by atoms with van der Waals surface area (Å²) in [5.74, 6) is 0.470. The van der Waals surface area contributed by atoms with Crippen LogP contribution in [0.3, 0.4) is 0 Å². The lowest BCUT2D eigenvalue weighted by atomic mass is 10.0. The molecule has 4 aromatic rings. The van der Waals surface area contributed by atoms with E-state index < -0.39 is 0 Å². The second kappa shape index (κ2) is 9.91. The van der Waals surface area contributed by atoms with Gasteiger partial charge in [-0.1, -0.05) is 60.2 Å². The number of carbonyl (C=O) groups excluding carboxylic acids is 2. The SMILES string of the molecule is Cc1ccc(C(=O)NC(C)c2nc3ccccc3n2CC(=O)N(C)Cc2ccccc2)c(C)c1. The average molecular weight is 455 g/mol. The van der Waals surface area contributed by atoms with E-state index in [9.17, 15) is 9.59 Å². The number of nitrogens with one attached hydrogen (secondary N) is 1. The Labute approximate surface area is 200 Å². The van der Waals surface area contributed by atoms with E-state index in [1.165, 1.54) is 0 Å². The van der Waals surface area contributed by atoms with E-state index in [0.29, 0.717) is 17.9 Å². The maximum Gasteiger partial charge on any atom is 0.252 e. The molecule has 1 N–H and O–H groups in total. The normalized spacial score (nSPS) is 11.9. The first kappa shape index (κ1) is 23.2. The van der Waals surface area contributed by atoms with Gasteiger partial charge in [0.15, 0.2) is 0 Å². The largest absolute Gasteiger partial charge is 0.342 e. The van der Waals surface area contributed by atoms with Crippen molar-refractivity contribution in [2.75, 3.05) is 7.05 Å². The molecular weight excluding hydrogens is 424 g/mol. The molecule has 0 aliphatic carbocycles. The van der Waals surface area contributed by atoms with Crippen LogP contribution >= 0.6 is 0 Å². The number of hydrogen-bond donors (Lipinski definition) is 1. The number of hydrogen-bond acceptors (Lipinski definition) is 3. The van der Waals surface area contributed by atoms with Crippen molar-refractivity contribution in [2.24, 2.45) is 0 Å². The molecule has 4 rings (SSSR count). The molecule has 0 aliphatic heterocycles. The second-order valence-corrected chi connectivity index (χ2v) is 8.79. The molecule has 2 amide bonds. The van der Waals surface area contributed by atoms with Crippen LogP contribution in [0.4, 0.5) is 0 Å². The molecule has 0 spiro atoms. The number of aryl methyl sites for hydroxylation is 2. The molecule has 0 saturated carbocycles. The highest BCUT2D eigenvalue weighted by molar-refractivity contribution is 5.96. The Morgan fingerprint density at radius 3 is 2.44 bits per heavy atom. The maximum atomic E-state index is 13.1. The molecule has 3 aromatic carbocycles. The Balaban J connectivity index is 1.58. The van der Waals surface area contributed by atoms with Crippen LogP contribution in [0.25, 0.3) is 11.0 Å². The highest BCUT2D eigenvalue weighted by atomic mass is 16.2. The fourth-order valence-corrected chi connectivity index (χ4v) is 4.20. The second-order valence-electron chi connectivity index (χ2n) is 8.79. The summed E-state index contributed by atoms with van der Waals surface area (Å²) in [5.41, 5.74) is 5.41. The fraction of sp³-hybridized carbons (Fsp3) is 0.250. The summed E-state index contributed by atoms with van der Waals surface area (Å²) >= 11 is 0. The van der Waals surface area contributed by atoms with E-state index in [2.05, 4.69) is 5.32 Å². The lowest BCUT2D eigenvalue weighted by Gasteiger charge is -2.21. The smallest absolute Gasteiger partial charge is 0.252 e. The molecule has 0 radical (unpaired) electrons. The van der Waals surface area contributed by atoms with Gasteiger partial charge < -0.3 is 14.8 Å². The molecule has 1 heterocycles. The fourth-order valence-electron chi connectivity index (χ4n) is 4.20. The van der Waals surface area contributed by atoms with Crippen LogP contribution in [0.2, 0.25) is 0 Å². The Morgan fingerprint density at radius 2 is 1.71 bits per heavy atom. The number of carbonyl (C=O) groups is 2. The summed E-state index contributed by atoms with van der Waals surface area (Å²) in [5, 5.41) is 3.07. The monoisotopic (exact) mass is 454 g/mol. The Hall–Kier alpha value is -3.93. The van der Waals surface area contributed by atoms with Gasteiger partial charge in [-0.05, 0) is 50.1 Å². The minimum atomic E-state index is -0.382. The van der Waals surface area contributed by atoms with Gasteiger partial charge >= 0.3 is 0 Å². The van der Waals surface area contributed by atoms with Crippen molar-refractivity contribution >= 4 is 22.8 Å². The van der Waals surface area contributed by atoms with Crippen LogP contribution in [0.15, 0.2) is 72.8 Å². The summed E-state index contributed by atoms with van der Waals surface area (Å²) < 4.78 is 1.91. The van der Waals surface area contributed by atoms with Crippen LogP contribution in [-0.2, 0) is 17.9 Å². The zero-order valence-electron chi connectivity index (χ0n) is 20.1. The minimum Gasteiger partial charge on any atom is -0.342 e. The number of nitrogens with zero attached hydrogens (tertiary/aromatic N) is 3. The summed E-state index contributed by atoms with van der Waals surface area (Å²) in [6.07, 6.45) is 0. The van der Waals surface area contributed by atoms with Gasteiger partial charge in [0, 0.05) is 19.2 Å². The van der Waals surface area contributed by atoms with Crippen molar-refractivity contribution < 1.29 is 9.59 Å². The van der Waals surface area contributed by atoms with Crippen LogP contribution in [0, 0.1) is 13.8 Å². The standard InChI is InChI=1S/C28H30N4O2/c1-19-14-15-23(20(2)16-19)28(34)29-21(3)27-30-24-12-8-9-13-25(24)32(27)18-26(33)31(4)17-22-10-6-5-7-11-22/h5-16,21H,17-18H2,1-4H3,(H,29,34). The van der Waals surface area contributed by atoms with Crippen molar-refractivity contribution in [3.8, 4) is 0 Å². The first-order valence-corrected chi connectivity index (χ1v) is 11.4. The molecule has 6 nitrogen and oxygen atoms in total. The third kappa shape index (κ3) is 5.01. The third-order valence-electron chi connectivity index (χ3n) is 6.03. The Kier molecular flexibility index (Phi) is 6.77. The van der Waals surface area contributed by atoms with Crippen molar-refractivity contribution in [3.05, 3.63) is 101 Å². The number of likely N-dealkylation sites (N-methyl/N-ethyl adjacent to an activating group) is 1. The van der Waals surface area contributed by atoms with Gasteiger partial charge in [-0.3, -0.25) is 9.59 Å². The molecule has 1 unspecified atom stereocenters. The predicted octanol–water partition coefficient (Wildman–Crippen LogP) is 4.80. The highest BCUT2D eigenvalue weighted by Gasteiger charge is 2.22. The zero-order chi connectivity index (χ0) is 24.2. The van der Waals surface area contributed by atoms with Gasteiger partial charge in [0.05, 0.1) is 17.1 Å². The van der Waals surface area contributed by atoms with Crippen LogP contribution in [0.5, 0.6) is 0 Å². The number of benzene rings is 3. The lowest BCUT2D eigenvalue weighted by Crippen LogP contribution is -2.33. The molecule has 34 heavy (non-hydrogen) atoms. The van der Waals surface area contributed by atoms with E-state index in [1.54, 1.807) is 11.9 Å². The molecular formula is C28H30N4O2. The number of para-hydroxylation sites is 2. The number of aromatic nitrogens is 2. The quantitative estimate of drug-likeness (QED) is 0.436. The average Bonchev–Trinajstić information content (AvgIpc) is 3.18. The van der Waals surface area contributed by atoms with E-state index in [0.717, 1.165) is 27.7 Å². The van der Waals surface area contributed by atoms with Gasteiger partial charge in [-0.25, -0.2) is 4.98 Å². The molecule has 0 bridgehead atoms. The Morgan fingerprint density at radius 1 is 1.00 bits per heavy atom. The molecule has 174 valence electrons. The summed E-state index contributed by atoms with van der Waals surface area (Å²) in [6, 6.07) is 23.0. The minimum absolute atomic E-state index is 0.0267. The van der Waals surface area contributed by atoms with Crippen molar-refractivity contribution in [2.45, 2.75) is 39.9 Å². The third-order valence-corrected chi connectivity index (χ3v) is 6.03. The first-order valence-electron chi connectivity index (χ1n) is 11.4. The first-order chi connectivity index (χ1) is 16.3. The van der Waals surface area contributed by atoms with E-state index in [-0.39, 0.29) is 24.4 Å². The summed E-state index contributed by atoms with van der Waals surface area (Å²) in [4.78, 5) is 32.6. The van der Waals surface area contributed by atoms with Gasteiger partial charge in [-0.2, -0.15) is 0 Å². The number of fused-ring (bicyclic) bond motifs is 1. The van der Waals surface area contributed by atoms with Gasteiger partial charge in [0.1, 0.15) is 12.4 Å².